The fourth-order valence-electron chi connectivity index (χ4n) is 1.84. The Labute approximate surface area is 133 Å². The molecule has 2 aromatic rings. The Hall–Kier alpha value is -2.73. The largest absolute Gasteiger partial charge is 0.355 e. The van der Waals surface area contributed by atoms with Crippen molar-refractivity contribution in [3.63, 3.8) is 0 Å². The number of para-hydroxylation sites is 1. The first-order valence-corrected chi connectivity index (χ1v) is 7.01. The average Bonchev–Trinajstić information content (AvgIpc) is 2.55. The number of rotatable bonds is 3. The molecule has 0 saturated heterocycles. The van der Waals surface area contributed by atoms with Crippen LogP contribution in [-0.2, 0) is 0 Å². The van der Waals surface area contributed by atoms with Gasteiger partial charge in [-0.2, -0.15) is 0 Å². The molecule has 0 aliphatic rings. The van der Waals surface area contributed by atoms with Gasteiger partial charge in [0, 0.05) is 12.6 Å². The highest BCUT2D eigenvalue weighted by molar-refractivity contribution is 7.80. The van der Waals surface area contributed by atoms with Gasteiger partial charge in [-0.15, -0.1) is 0 Å². The zero-order valence-corrected chi connectivity index (χ0v) is 12.7. The standard InChI is InChI=1S/C16H15N3O2S/c1-17-15(21)12-9-5-6-10-13(12)18-16(22)19-14(20)11-7-3-2-4-8-11/h2-10H,1H3,(H,17,21)(H2,18,19,20,22). The van der Waals surface area contributed by atoms with Gasteiger partial charge in [-0.3, -0.25) is 14.9 Å². The van der Waals surface area contributed by atoms with Crippen molar-refractivity contribution >= 4 is 34.8 Å². The van der Waals surface area contributed by atoms with Gasteiger partial charge in [0.05, 0.1) is 11.3 Å². The zero-order valence-electron chi connectivity index (χ0n) is 11.9. The van der Waals surface area contributed by atoms with Crippen molar-refractivity contribution in [2.45, 2.75) is 0 Å². The molecule has 0 unspecified atom stereocenters. The number of hydrogen-bond acceptors (Lipinski definition) is 3. The second-order valence-electron chi connectivity index (χ2n) is 4.40. The summed E-state index contributed by atoms with van der Waals surface area (Å²) in [4.78, 5) is 23.8. The predicted octanol–water partition coefficient (Wildman–Crippen LogP) is 2.17. The first-order chi connectivity index (χ1) is 10.6. The zero-order chi connectivity index (χ0) is 15.9. The van der Waals surface area contributed by atoms with E-state index < -0.39 is 0 Å². The molecule has 0 atom stereocenters. The number of carbonyl (C=O) groups is 2. The molecule has 3 N–H and O–H groups in total. The van der Waals surface area contributed by atoms with Gasteiger partial charge in [-0.05, 0) is 36.5 Å². The number of amides is 2. The van der Waals surface area contributed by atoms with Crippen LogP contribution in [0.15, 0.2) is 54.6 Å². The molecule has 0 aliphatic carbocycles. The third-order valence-electron chi connectivity index (χ3n) is 2.91. The summed E-state index contributed by atoms with van der Waals surface area (Å²) in [5.74, 6) is -0.546. The highest BCUT2D eigenvalue weighted by Gasteiger charge is 2.12. The van der Waals surface area contributed by atoms with E-state index in [0.717, 1.165) is 0 Å². The summed E-state index contributed by atoms with van der Waals surface area (Å²) in [7, 11) is 1.55. The monoisotopic (exact) mass is 313 g/mol. The van der Waals surface area contributed by atoms with Crippen molar-refractivity contribution in [2.75, 3.05) is 12.4 Å². The number of nitrogens with one attached hydrogen (secondary N) is 3. The van der Waals surface area contributed by atoms with Crippen molar-refractivity contribution < 1.29 is 9.59 Å². The molecular weight excluding hydrogens is 298 g/mol. The van der Waals surface area contributed by atoms with Crippen molar-refractivity contribution in [3.8, 4) is 0 Å². The molecule has 0 saturated carbocycles. The summed E-state index contributed by atoms with van der Waals surface area (Å²) in [6, 6.07) is 15.7. The second-order valence-corrected chi connectivity index (χ2v) is 4.81. The molecule has 2 rings (SSSR count). The van der Waals surface area contributed by atoms with Gasteiger partial charge in [-0.25, -0.2) is 0 Å². The van der Waals surface area contributed by atoms with Crippen molar-refractivity contribution in [2.24, 2.45) is 0 Å². The molecular formula is C16H15N3O2S. The molecule has 0 fully saturated rings. The summed E-state index contributed by atoms with van der Waals surface area (Å²) in [6.07, 6.45) is 0. The number of carbonyl (C=O) groups excluding carboxylic acids is 2. The normalized spacial score (nSPS) is 9.68. The SMILES string of the molecule is CNC(=O)c1ccccc1NC(=S)NC(=O)c1ccccc1. The Kier molecular flexibility index (Phi) is 5.21. The fourth-order valence-corrected chi connectivity index (χ4v) is 2.05. The van der Waals surface area contributed by atoms with Gasteiger partial charge >= 0.3 is 0 Å². The van der Waals surface area contributed by atoms with Crippen LogP contribution in [0.2, 0.25) is 0 Å². The van der Waals surface area contributed by atoms with Crippen LogP contribution < -0.4 is 16.0 Å². The lowest BCUT2D eigenvalue weighted by Crippen LogP contribution is -2.34. The fraction of sp³-hybridized carbons (Fsp3) is 0.0625. The Morgan fingerprint density at radius 2 is 1.55 bits per heavy atom. The van der Waals surface area contributed by atoms with Crippen molar-refractivity contribution in [3.05, 3.63) is 65.7 Å². The molecule has 0 radical (unpaired) electrons. The molecule has 5 nitrogen and oxygen atoms in total. The first kappa shape index (κ1) is 15.7. The minimum absolute atomic E-state index is 0.130. The molecule has 2 amide bonds. The number of benzene rings is 2. The van der Waals surface area contributed by atoms with Crippen LogP contribution >= 0.6 is 12.2 Å². The minimum Gasteiger partial charge on any atom is -0.355 e. The van der Waals surface area contributed by atoms with E-state index in [1.54, 1.807) is 55.6 Å². The van der Waals surface area contributed by atoms with E-state index in [0.29, 0.717) is 16.8 Å². The van der Waals surface area contributed by atoms with Crippen LogP contribution in [0.25, 0.3) is 0 Å². The maximum absolute atomic E-state index is 12.0. The summed E-state index contributed by atoms with van der Waals surface area (Å²) in [6.45, 7) is 0. The Bertz CT molecular complexity index is 702. The Morgan fingerprint density at radius 1 is 0.909 bits per heavy atom. The van der Waals surface area contributed by atoms with Crippen molar-refractivity contribution in [1.29, 1.82) is 0 Å². The quantitative estimate of drug-likeness (QED) is 0.760. The van der Waals surface area contributed by atoms with E-state index in [-0.39, 0.29) is 16.9 Å². The summed E-state index contributed by atoms with van der Waals surface area (Å²) < 4.78 is 0. The molecule has 0 aliphatic heterocycles. The van der Waals surface area contributed by atoms with Gasteiger partial charge in [0.1, 0.15) is 0 Å². The van der Waals surface area contributed by atoms with E-state index in [1.165, 1.54) is 0 Å². The van der Waals surface area contributed by atoms with Crippen LogP contribution in [0.5, 0.6) is 0 Å². The summed E-state index contributed by atoms with van der Waals surface area (Å²) in [5, 5.41) is 8.13. The van der Waals surface area contributed by atoms with Crippen LogP contribution in [0.4, 0.5) is 5.69 Å². The van der Waals surface area contributed by atoms with E-state index in [9.17, 15) is 9.59 Å². The molecule has 0 bridgehead atoms. The van der Waals surface area contributed by atoms with Gasteiger partial charge in [0.25, 0.3) is 11.8 Å². The van der Waals surface area contributed by atoms with Gasteiger partial charge in [-0.1, -0.05) is 30.3 Å². The van der Waals surface area contributed by atoms with Crippen molar-refractivity contribution in [1.82, 2.24) is 10.6 Å². The van der Waals surface area contributed by atoms with Gasteiger partial charge < -0.3 is 10.6 Å². The summed E-state index contributed by atoms with van der Waals surface area (Å²) >= 11 is 5.12. The van der Waals surface area contributed by atoms with Crippen LogP contribution in [0, 0.1) is 0 Å². The van der Waals surface area contributed by atoms with Crippen LogP contribution in [-0.4, -0.2) is 24.0 Å². The smallest absolute Gasteiger partial charge is 0.257 e. The highest BCUT2D eigenvalue weighted by atomic mass is 32.1. The summed E-state index contributed by atoms with van der Waals surface area (Å²) in [5.41, 5.74) is 1.48. The van der Waals surface area contributed by atoms with Crippen LogP contribution in [0.1, 0.15) is 20.7 Å². The number of thiocarbonyl (C=S) groups is 1. The first-order valence-electron chi connectivity index (χ1n) is 6.60. The van der Waals surface area contributed by atoms with E-state index in [2.05, 4.69) is 16.0 Å². The van der Waals surface area contributed by atoms with Gasteiger partial charge in [0.2, 0.25) is 0 Å². The molecule has 22 heavy (non-hydrogen) atoms. The molecule has 0 heterocycles. The van der Waals surface area contributed by atoms with E-state index >= 15 is 0 Å². The van der Waals surface area contributed by atoms with Gasteiger partial charge in [0.15, 0.2) is 5.11 Å². The third kappa shape index (κ3) is 3.89. The molecule has 2 aromatic carbocycles. The maximum Gasteiger partial charge on any atom is 0.257 e. The molecule has 6 heteroatoms. The maximum atomic E-state index is 12.0. The highest BCUT2D eigenvalue weighted by Crippen LogP contribution is 2.14. The third-order valence-corrected chi connectivity index (χ3v) is 3.11. The lowest BCUT2D eigenvalue weighted by molar-refractivity contribution is 0.0961. The van der Waals surface area contributed by atoms with E-state index in [1.807, 2.05) is 6.07 Å². The van der Waals surface area contributed by atoms with E-state index in [4.69, 9.17) is 12.2 Å². The predicted molar refractivity (Wildman–Crippen MR) is 90.0 cm³/mol. The van der Waals surface area contributed by atoms with Crippen LogP contribution in [0.3, 0.4) is 0 Å². The minimum atomic E-state index is -0.310. The second kappa shape index (κ2) is 7.33. The molecule has 0 aromatic heterocycles. The topological polar surface area (TPSA) is 70.2 Å². The number of hydrogen-bond donors (Lipinski definition) is 3. The number of anilines is 1. The molecule has 112 valence electrons. The Morgan fingerprint density at radius 3 is 2.23 bits per heavy atom. The Balaban J connectivity index is 2.07. The molecule has 0 spiro atoms. The average molecular weight is 313 g/mol. The lowest BCUT2D eigenvalue weighted by atomic mass is 10.1. The lowest BCUT2D eigenvalue weighted by Gasteiger charge is -2.12.